The van der Waals surface area contributed by atoms with E-state index in [0.717, 1.165) is 25.7 Å². The van der Waals surface area contributed by atoms with Crippen LogP contribution in [-0.4, -0.2) is 7.11 Å². The maximum atomic E-state index is 15.1. The van der Waals surface area contributed by atoms with Gasteiger partial charge < -0.3 is 9.15 Å². The van der Waals surface area contributed by atoms with Gasteiger partial charge in [0.25, 0.3) is 0 Å². The quantitative estimate of drug-likeness (QED) is 0.495. The molecule has 1 fully saturated rings. The Hall–Kier alpha value is -2.10. The monoisotopic (exact) mass is 348 g/mol. The SMILES string of the molecule is C.COc1ccc2c(oc3c(F)c(C4CCC(C)CC4)ccc32)c1F.[HH]. The van der Waals surface area contributed by atoms with Crippen LogP contribution in [0.1, 0.15) is 52.9 Å². The number of fused-ring (bicyclic) bond motifs is 3. The lowest BCUT2D eigenvalue weighted by Gasteiger charge is -2.26. The fourth-order valence-electron chi connectivity index (χ4n) is 3.88. The molecule has 0 N–H and O–H groups in total. The van der Waals surface area contributed by atoms with Crippen LogP contribution in [0.3, 0.4) is 0 Å². The summed E-state index contributed by atoms with van der Waals surface area (Å²) in [6.07, 6.45) is 4.22. The first-order valence-electron chi connectivity index (χ1n) is 8.47. The molecule has 0 radical (unpaired) electrons. The van der Waals surface area contributed by atoms with Crippen molar-refractivity contribution in [3.05, 3.63) is 41.5 Å². The smallest absolute Gasteiger partial charge is 0.208 e. The third-order valence-corrected chi connectivity index (χ3v) is 5.36. The van der Waals surface area contributed by atoms with E-state index in [1.807, 2.05) is 12.1 Å². The van der Waals surface area contributed by atoms with Gasteiger partial charge in [0, 0.05) is 12.2 Å². The van der Waals surface area contributed by atoms with Gasteiger partial charge in [0.1, 0.15) is 0 Å². The van der Waals surface area contributed by atoms with E-state index in [1.54, 1.807) is 12.1 Å². The summed E-state index contributed by atoms with van der Waals surface area (Å²) in [6.45, 7) is 2.24. The first-order chi connectivity index (χ1) is 11.6. The lowest BCUT2D eigenvalue weighted by molar-refractivity contribution is 0.342. The Bertz CT molecular complexity index is 911. The fraction of sp³-hybridized carbons (Fsp3) is 0.429. The van der Waals surface area contributed by atoms with E-state index in [9.17, 15) is 4.39 Å². The summed E-state index contributed by atoms with van der Waals surface area (Å²) in [7, 11) is 1.40. The minimum absolute atomic E-state index is 0. The normalized spacial score (nSPS) is 20.6. The standard InChI is InChI=1S/C20H20F2O2.CH4.H2/c1-11-3-5-12(6-4-11)13-7-8-14-15-9-10-16(23-2)18(22)20(15)24-19(14)17(13)21;;/h7-12H,3-6H2,1-2H3;1H4;1H. The Morgan fingerprint density at radius 1 is 0.960 bits per heavy atom. The van der Waals surface area contributed by atoms with Gasteiger partial charge in [0.2, 0.25) is 5.82 Å². The van der Waals surface area contributed by atoms with Gasteiger partial charge in [0.05, 0.1) is 7.11 Å². The van der Waals surface area contributed by atoms with E-state index >= 15 is 4.39 Å². The zero-order valence-electron chi connectivity index (χ0n) is 13.9. The molecular formula is C21H26F2O2. The summed E-state index contributed by atoms with van der Waals surface area (Å²) in [4.78, 5) is 0. The molecule has 0 atom stereocenters. The molecule has 0 unspecified atom stereocenters. The van der Waals surface area contributed by atoms with Crippen LogP contribution >= 0.6 is 0 Å². The molecule has 3 aromatic rings. The van der Waals surface area contributed by atoms with E-state index in [2.05, 4.69) is 6.92 Å². The molecule has 0 spiro atoms. The Kier molecular flexibility index (Phi) is 4.72. The summed E-state index contributed by atoms with van der Waals surface area (Å²) < 4.78 is 40.0. The molecular weight excluding hydrogens is 322 g/mol. The van der Waals surface area contributed by atoms with Gasteiger partial charge in [-0.05, 0) is 48.4 Å². The highest BCUT2D eigenvalue weighted by molar-refractivity contribution is 6.05. The van der Waals surface area contributed by atoms with E-state index in [0.29, 0.717) is 22.3 Å². The van der Waals surface area contributed by atoms with Crippen molar-refractivity contribution in [3.63, 3.8) is 0 Å². The van der Waals surface area contributed by atoms with E-state index in [1.165, 1.54) is 7.11 Å². The molecule has 0 bridgehead atoms. The maximum absolute atomic E-state index is 15.1. The largest absolute Gasteiger partial charge is 0.494 e. The van der Waals surface area contributed by atoms with Crippen molar-refractivity contribution >= 4 is 21.9 Å². The molecule has 1 aliphatic carbocycles. The lowest BCUT2D eigenvalue weighted by Crippen LogP contribution is -2.12. The zero-order chi connectivity index (χ0) is 16.8. The highest BCUT2D eigenvalue weighted by Gasteiger charge is 2.25. The van der Waals surface area contributed by atoms with Crippen LogP contribution in [0.25, 0.3) is 21.9 Å². The van der Waals surface area contributed by atoms with Gasteiger partial charge in [-0.15, -0.1) is 0 Å². The minimum Gasteiger partial charge on any atom is -0.494 e. The average Bonchev–Trinajstić information content (AvgIpc) is 2.97. The number of hydrogen-bond donors (Lipinski definition) is 0. The van der Waals surface area contributed by atoms with Crippen LogP contribution in [0.5, 0.6) is 5.75 Å². The number of benzene rings is 2. The van der Waals surface area contributed by atoms with Crippen LogP contribution in [0, 0.1) is 17.6 Å². The predicted octanol–water partition coefficient (Wildman–Crippen LogP) is 7.05. The average molecular weight is 348 g/mol. The van der Waals surface area contributed by atoms with Crippen LogP contribution in [0.4, 0.5) is 8.78 Å². The topological polar surface area (TPSA) is 22.4 Å². The number of methoxy groups -OCH3 is 1. The lowest BCUT2D eigenvalue weighted by atomic mass is 9.79. The molecule has 25 heavy (non-hydrogen) atoms. The van der Waals surface area contributed by atoms with Crippen molar-refractivity contribution < 1.29 is 19.4 Å². The van der Waals surface area contributed by atoms with Crippen molar-refractivity contribution in [1.82, 2.24) is 0 Å². The Morgan fingerprint density at radius 3 is 2.20 bits per heavy atom. The molecule has 4 rings (SSSR count). The highest BCUT2D eigenvalue weighted by atomic mass is 19.1. The summed E-state index contributed by atoms with van der Waals surface area (Å²) in [5, 5.41) is 1.18. The van der Waals surface area contributed by atoms with E-state index < -0.39 is 5.82 Å². The first-order valence-corrected chi connectivity index (χ1v) is 8.47. The van der Waals surface area contributed by atoms with Gasteiger partial charge in [0.15, 0.2) is 22.7 Å². The Balaban J connectivity index is 0.00000121. The molecule has 0 amide bonds. The predicted molar refractivity (Wildman–Crippen MR) is 99.4 cm³/mol. The van der Waals surface area contributed by atoms with E-state index in [4.69, 9.17) is 9.15 Å². The number of ether oxygens (including phenoxy) is 1. The summed E-state index contributed by atoms with van der Waals surface area (Å²) >= 11 is 0. The third kappa shape index (κ3) is 2.78. The Morgan fingerprint density at radius 2 is 1.56 bits per heavy atom. The van der Waals surface area contributed by atoms with Gasteiger partial charge in [-0.3, -0.25) is 0 Å². The van der Waals surface area contributed by atoms with Crippen LogP contribution in [0.15, 0.2) is 28.7 Å². The molecule has 2 nitrogen and oxygen atoms in total. The minimum atomic E-state index is -0.585. The van der Waals surface area contributed by atoms with Crippen LogP contribution in [0.2, 0.25) is 0 Å². The van der Waals surface area contributed by atoms with Gasteiger partial charge in [-0.25, -0.2) is 4.39 Å². The third-order valence-electron chi connectivity index (χ3n) is 5.36. The number of halogens is 2. The van der Waals surface area contributed by atoms with Gasteiger partial charge in [-0.2, -0.15) is 4.39 Å². The molecule has 1 aliphatic rings. The van der Waals surface area contributed by atoms with Crippen molar-refractivity contribution in [2.75, 3.05) is 7.11 Å². The molecule has 136 valence electrons. The zero-order valence-corrected chi connectivity index (χ0v) is 13.9. The molecule has 1 saturated carbocycles. The van der Waals surface area contributed by atoms with Crippen molar-refractivity contribution in [2.24, 2.45) is 5.92 Å². The second-order valence-corrected chi connectivity index (χ2v) is 6.86. The van der Waals surface area contributed by atoms with Crippen molar-refractivity contribution in [2.45, 2.75) is 46.0 Å². The van der Waals surface area contributed by atoms with Crippen LogP contribution in [-0.2, 0) is 0 Å². The summed E-state index contributed by atoms with van der Waals surface area (Å²) in [5.74, 6) is 0.0997. The molecule has 0 aliphatic heterocycles. The number of rotatable bonds is 2. The molecule has 4 heteroatoms. The van der Waals surface area contributed by atoms with Crippen molar-refractivity contribution in [3.8, 4) is 5.75 Å². The van der Waals surface area contributed by atoms with Crippen molar-refractivity contribution in [1.29, 1.82) is 0 Å². The highest BCUT2D eigenvalue weighted by Crippen LogP contribution is 2.41. The second-order valence-electron chi connectivity index (χ2n) is 6.86. The Labute approximate surface area is 148 Å². The number of hydrogen-bond acceptors (Lipinski definition) is 2. The molecule has 1 heterocycles. The summed E-state index contributed by atoms with van der Waals surface area (Å²) in [5.41, 5.74) is 0.895. The van der Waals surface area contributed by atoms with Gasteiger partial charge >= 0.3 is 0 Å². The van der Waals surface area contributed by atoms with Gasteiger partial charge in [-0.1, -0.05) is 33.3 Å². The molecule has 0 saturated heterocycles. The fourth-order valence-corrected chi connectivity index (χ4v) is 3.88. The molecule has 1 aromatic heterocycles. The summed E-state index contributed by atoms with van der Waals surface area (Å²) in [6, 6.07) is 6.95. The second kappa shape index (κ2) is 6.66. The van der Waals surface area contributed by atoms with E-state index in [-0.39, 0.29) is 37.5 Å². The maximum Gasteiger partial charge on any atom is 0.208 e. The molecule has 2 aromatic carbocycles. The number of furan rings is 1. The first kappa shape index (κ1) is 17.7. The van der Waals surface area contributed by atoms with Crippen LogP contribution < -0.4 is 4.74 Å².